The molecule has 0 aromatic rings. The average Bonchev–Trinajstić information content (AvgIpc) is 0.811. The second-order valence-corrected chi connectivity index (χ2v) is 0.758. The molecule has 0 aliphatic carbocycles. The topological polar surface area (TPSA) is 43.1 Å². The van der Waals surface area contributed by atoms with Gasteiger partial charge in [0.15, 0.2) is 0 Å². The van der Waals surface area contributed by atoms with Crippen LogP contribution >= 0.6 is 0 Å². The first-order valence-electron chi connectivity index (χ1n) is 0.507. The third-order valence-corrected chi connectivity index (χ3v) is 0. The fourth-order valence-corrected chi connectivity index (χ4v) is 0. The normalized spacial score (nSPS) is 5.20. The minimum absolute atomic E-state index is 0. The van der Waals surface area contributed by atoms with Crippen molar-refractivity contribution in [2.75, 3.05) is 0 Å². The van der Waals surface area contributed by atoms with Crippen LogP contribution in [0, 0.1) is 10.1 Å². The summed E-state index contributed by atoms with van der Waals surface area (Å²) < 4.78 is -0.650. The van der Waals surface area contributed by atoms with Crippen LogP contribution in [0.4, 0.5) is 0 Å². The molecule has 0 radical (unpaired) electrons. The van der Waals surface area contributed by atoms with Gasteiger partial charge in [0, 0.05) is 0 Å². The van der Waals surface area contributed by atoms with Crippen LogP contribution in [0.25, 0.3) is 0 Å². The van der Waals surface area contributed by atoms with Gasteiger partial charge in [-0.1, -0.05) is 7.43 Å². The molecule has 0 aromatic carbocycles. The summed E-state index contributed by atoms with van der Waals surface area (Å²) in [5, 5.41) is 8.74. The molecule has 0 heterocycles. The Morgan fingerprint density at radius 1 is 1.80 bits per heavy atom. The van der Waals surface area contributed by atoms with Gasteiger partial charge in [0.25, 0.3) is 0 Å². The third-order valence-electron chi connectivity index (χ3n) is 0. The molecular weight excluding hydrogens is 164 g/mol. The van der Waals surface area contributed by atoms with E-state index in [0.29, 0.717) is 0 Å². The van der Waals surface area contributed by atoms with E-state index in [9.17, 15) is 0 Å². The van der Waals surface area contributed by atoms with E-state index in [4.69, 9.17) is 10.1 Å². The van der Waals surface area contributed by atoms with Gasteiger partial charge in [0.05, 0.1) is 0 Å². The average molecular weight is 168 g/mol. The maximum atomic E-state index is 8.74. The summed E-state index contributed by atoms with van der Waals surface area (Å²) in [5.41, 5.74) is 0. The van der Waals surface area contributed by atoms with Crippen LogP contribution in [0.5, 0.6) is 0 Å². The first-order valence-corrected chi connectivity index (χ1v) is 1.20. The molecule has 3 nitrogen and oxygen atoms in total. The Bertz CT molecular complexity index is 32.6. The van der Waals surface area contributed by atoms with Crippen molar-refractivity contribution in [2.24, 2.45) is 0 Å². The van der Waals surface area contributed by atoms with E-state index >= 15 is 0 Å². The number of rotatable bonds is 0. The van der Waals surface area contributed by atoms with Crippen molar-refractivity contribution in [3.8, 4) is 0 Å². The molecule has 0 N–H and O–H groups in total. The van der Waals surface area contributed by atoms with Gasteiger partial charge in [-0.3, -0.25) is 0 Å². The van der Waals surface area contributed by atoms with E-state index in [1.54, 1.807) is 19.4 Å². The van der Waals surface area contributed by atoms with E-state index < -0.39 is 3.56 Å². The molecule has 0 amide bonds. The van der Waals surface area contributed by atoms with Crippen LogP contribution in [0.1, 0.15) is 7.43 Å². The van der Waals surface area contributed by atoms with Crippen LogP contribution in [-0.4, -0.2) is 3.56 Å². The Balaban J connectivity index is 0. The van der Waals surface area contributed by atoms with Crippen molar-refractivity contribution >= 4 is 0 Å². The zero-order valence-corrected chi connectivity index (χ0v) is 3.13. The standard InChI is InChI=1S/CH4.NO2.Pd/c;2-1-3;/h1H4;;. The van der Waals surface area contributed by atoms with Gasteiger partial charge in [-0.15, -0.1) is 0 Å². The summed E-state index contributed by atoms with van der Waals surface area (Å²) in [6.45, 7) is 0. The zero-order chi connectivity index (χ0) is 3.58. The quantitative estimate of drug-likeness (QED) is 0.298. The van der Waals surface area contributed by atoms with E-state index in [0.717, 1.165) is 0 Å². The molecular formula is CH4NO2Pd. The molecule has 0 saturated carbocycles. The summed E-state index contributed by atoms with van der Waals surface area (Å²) in [6.07, 6.45) is 0. The summed E-state index contributed by atoms with van der Waals surface area (Å²) in [4.78, 5) is 8.74. The first-order chi connectivity index (χ1) is 1.73. The summed E-state index contributed by atoms with van der Waals surface area (Å²) in [6, 6.07) is 0. The molecule has 5 heavy (non-hydrogen) atoms. The monoisotopic (exact) mass is 168 g/mol. The maximum absolute atomic E-state index is 8.74. The second-order valence-electron chi connectivity index (χ2n) is 0.190. The predicted molar refractivity (Wildman–Crippen MR) is 13.7 cm³/mol. The van der Waals surface area contributed by atoms with Crippen LogP contribution in [0.15, 0.2) is 0 Å². The molecule has 0 atom stereocenters. The molecule has 4 heteroatoms. The second kappa shape index (κ2) is 4.06. The van der Waals surface area contributed by atoms with Crippen LogP contribution in [0.2, 0.25) is 0 Å². The van der Waals surface area contributed by atoms with Gasteiger partial charge in [-0.2, -0.15) is 0 Å². The van der Waals surface area contributed by atoms with Gasteiger partial charge >= 0.3 is 33.1 Å². The summed E-state index contributed by atoms with van der Waals surface area (Å²) >= 11 is 1.77. The Morgan fingerprint density at radius 3 is 1.80 bits per heavy atom. The molecule has 0 fully saturated rings. The Hall–Kier alpha value is 0.0623. The fourth-order valence-electron chi connectivity index (χ4n) is 0. The van der Waals surface area contributed by atoms with Crippen molar-refractivity contribution < 1.29 is 23.0 Å². The van der Waals surface area contributed by atoms with Crippen molar-refractivity contribution in [1.82, 2.24) is 0 Å². The summed E-state index contributed by atoms with van der Waals surface area (Å²) in [5.74, 6) is 0. The zero-order valence-electron chi connectivity index (χ0n) is 1.58. The van der Waals surface area contributed by atoms with Gasteiger partial charge in [0.1, 0.15) is 0 Å². The number of nitrogens with zero attached hydrogens (tertiary/aromatic N) is 1. The summed E-state index contributed by atoms with van der Waals surface area (Å²) in [7, 11) is 0. The molecule has 0 bridgehead atoms. The minimum atomic E-state index is -0.650. The van der Waals surface area contributed by atoms with E-state index in [1.165, 1.54) is 0 Å². The SMILES string of the molecule is C.O=[N+]([O-])[Pd]. The van der Waals surface area contributed by atoms with E-state index in [2.05, 4.69) is 0 Å². The molecule has 0 spiro atoms. The Kier molecular flexibility index (Phi) is 7.24. The van der Waals surface area contributed by atoms with Gasteiger partial charge in [-0.25, -0.2) is 0 Å². The number of hydrogen-bond donors (Lipinski definition) is 0. The van der Waals surface area contributed by atoms with Crippen molar-refractivity contribution in [3.63, 3.8) is 0 Å². The Morgan fingerprint density at radius 2 is 1.80 bits per heavy atom. The molecule has 0 aliphatic rings. The number of nitro groups is 1. The van der Waals surface area contributed by atoms with Crippen LogP contribution < -0.4 is 0 Å². The van der Waals surface area contributed by atoms with Crippen molar-refractivity contribution in [3.05, 3.63) is 10.1 Å². The number of hydrogen-bond acceptors (Lipinski definition) is 2. The molecule has 35 valence electrons. The van der Waals surface area contributed by atoms with Gasteiger partial charge < -0.3 is 0 Å². The molecule has 0 rings (SSSR count). The third kappa shape index (κ3) is 4450. The first kappa shape index (κ1) is 8.91. The van der Waals surface area contributed by atoms with E-state index in [-0.39, 0.29) is 7.43 Å². The van der Waals surface area contributed by atoms with Crippen molar-refractivity contribution in [2.45, 2.75) is 7.43 Å². The van der Waals surface area contributed by atoms with Gasteiger partial charge in [-0.05, 0) is 0 Å². The van der Waals surface area contributed by atoms with Gasteiger partial charge in [0.2, 0.25) is 0 Å². The Labute approximate surface area is 41.2 Å². The van der Waals surface area contributed by atoms with Crippen molar-refractivity contribution in [1.29, 1.82) is 0 Å². The molecule has 0 saturated heterocycles. The predicted octanol–water partition coefficient (Wildman–Crippen LogP) is 0.361. The van der Waals surface area contributed by atoms with Crippen LogP contribution in [-0.2, 0) is 19.4 Å². The van der Waals surface area contributed by atoms with Crippen LogP contribution in [0.3, 0.4) is 0 Å². The molecule has 0 aliphatic heterocycles. The molecule has 0 unspecified atom stereocenters. The van der Waals surface area contributed by atoms with E-state index in [1.807, 2.05) is 0 Å². The fraction of sp³-hybridized carbons (Fsp3) is 1.00. The molecule has 0 aromatic heterocycles.